The summed E-state index contributed by atoms with van der Waals surface area (Å²) < 4.78 is 1.00. The van der Waals surface area contributed by atoms with Gasteiger partial charge in [-0.05, 0) is 29.3 Å². The van der Waals surface area contributed by atoms with Crippen molar-refractivity contribution in [2.45, 2.75) is 6.04 Å². The second-order valence-electron chi connectivity index (χ2n) is 4.50. The van der Waals surface area contributed by atoms with Crippen LogP contribution in [0.5, 0.6) is 0 Å². The Morgan fingerprint density at radius 2 is 1.89 bits per heavy atom. The van der Waals surface area contributed by atoms with E-state index in [0.717, 1.165) is 21.3 Å². The first kappa shape index (κ1) is 12.4. The van der Waals surface area contributed by atoms with E-state index >= 15 is 0 Å². The first-order valence-corrected chi connectivity index (χ1v) is 6.91. The minimum atomic E-state index is -0.0120. The number of benzene rings is 2. The zero-order chi connectivity index (χ0) is 13.2. The van der Waals surface area contributed by atoms with Gasteiger partial charge in [0.15, 0.2) is 0 Å². The van der Waals surface area contributed by atoms with Crippen molar-refractivity contribution in [1.29, 1.82) is 0 Å². The highest BCUT2D eigenvalue weighted by Gasteiger charge is 2.22. The van der Waals surface area contributed by atoms with Crippen molar-refractivity contribution in [3.63, 3.8) is 0 Å². The third-order valence-electron chi connectivity index (χ3n) is 3.20. The standard InChI is InChI=1S/C15H13BrN2O/c16-11-6-7-13-12(8-11)15(17-9-14(19)18-13)10-4-2-1-3-5-10/h1-8,15,17H,9H2,(H,18,19). The molecule has 0 saturated carbocycles. The van der Waals surface area contributed by atoms with Crippen LogP contribution in [0.15, 0.2) is 53.0 Å². The van der Waals surface area contributed by atoms with Crippen molar-refractivity contribution >= 4 is 27.5 Å². The SMILES string of the molecule is O=C1CNC(c2ccccc2)c2cc(Br)ccc2N1. The van der Waals surface area contributed by atoms with Gasteiger partial charge in [0.25, 0.3) is 0 Å². The molecule has 0 aromatic heterocycles. The molecule has 1 aliphatic heterocycles. The third kappa shape index (κ3) is 2.55. The number of carbonyl (C=O) groups is 1. The van der Waals surface area contributed by atoms with E-state index in [1.807, 2.05) is 36.4 Å². The van der Waals surface area contributed by atoms with Gasteiger partial charge in [-0.25, -0.2) is 0 Å². The number of fused-ring (bicyclic) bond motifs is 1. The molecule has 0 saturated heterocycles. The summed E-state index contributed by atoms with van der Waals surface area (Å²) in [6.07, 6.45) is 0. The Morgan fingerprint density at radius 3 is 2.68 bits per heavy atom. The van der Waals surface area contributed by atoms with Gasteiger partial charge in [0, 0.05) is 10.2 Å². The topological polar surface area (TPSA) is 41.1 Å². The lowest BCUT2D eigenvalue weighted by Gasteiger charge is -2.18. The molecule has 1 atom stereocenters. The summed E-state index contributed by atoms with van der Waals surface area (Å²) in [7, 11) is 0. The highest BCUT2D eigenvalue weighted by Crippen LogP contribution is 2.32. The van der Waals surface area contributed by atoms with E-state index in [4.69, 9.17) is 0 Å². The Bertz CT molecular complexity index is 613. The number of amides is 1. The lowest BCUT2D eigenvalue weighted by atomic mass is 9.97. The van der Waals surface area contributed by atoms with Crippen molar-refractivity contribution in [1.82, 2.24) is 5.32 Å². The maximum atomic E-state index is 11.7. The molecule has 2 aromatic rings. The smallest absolute Gasteiger partial charge is 0.238 e. The Balaban J connectivity index is 2.11. The van der Waals surface area contributed by atoms with Gasteiger partial charge < -0.3 is 5.32 Å². The average Bonchev–Trinajstić information content (AvgIpc) is 2.58. The normalized spacial score (nSPS) is 18.4. The number of halogens is 1. The molecular formula is C15H13BrN2O. The molecular weight excluding hydrogens is 304 g/mol. The number of nitrogens with one attached hydrogen (secondary N) is 2. The zero-order valence-electron chi connectivity index (χ0n) is 10.2. The molecule has 1 aliphatic rings. The summed E-state index contributed by atoms with van der Waals surface area (Å²) in [4.78, 5) is 11.7. The van der Waals surface area contributed by atoms with E-state index in [0.29, 0.717) is 6.54 Å². The molecule has 3 rings (SSSR count). The minimum absolute atomic E-state index is 0.0120. The van der Waals surface area contributed by atoms with E-state index in [2.05, 4.69) is 38.7 Å². The van der Waals surface area contributed by atoms with Crippen LogP contribution in [0.3, 0.4) is 0 Å². The van der Waals surface area contributed by atoms with E-state index in [9.17, 15) is 4.79 Å². The number of hydrogen-bond donors (Lipinski definition) is 2. The van der Waals surface area contributed by atoms with E-state index in [1.54, 1.807) is 0 Å². The van der Waals surface area contributed by atoms with E-state index < -0.39 is 0 Å². The molecule has 0 aliphatic carbocycles. The predicted octanol–water partition coefficient (Wildman–Crippen LogP) is 3.08. The average molecular weight is 317 g/mol. The minimum Gasteiger partial charge on any atom is -0.325 e. The monoisotopic (exact) mass is 316 g/mol. The summed E-state index contributed by atoms with van der Waals surface area (Å²) >= 11 is 3.49. The van der Waals surface area contributed by atoms with Gasteiger partial charge in [-0.2, -0.15) is 0 Å². The third-order valence-corrected chi connectivity index (χ3v) is 3.69. The summed E-state index contributed by atoms with van der Waals surface area (Å²) in [5, 5.41) is 6.23. The largest absolute Gasteiger partial charge is 0.325 e. The molecule has 0 radical (unpaired) electrons. The number of hydrogen-bond acceptors (Lipinski definition) is 2. The molecule has 2 aromatic carbocycles. The van der Waals surface area contributed by atoms with Gasteiger partial charge in [-0.15, -0.1) is 0 Å². The van der Waals surface area contributed by atoms with Crippen LogP contribution in [-0.2, 0) is 4.79 Å². The molecule has 0 bridgehead atoms. The van der Waals surface area contributed by atoms with Gasteiger partial charge in [0.1, 0.15) is 0 Å². The van der Waals surface area contributed by atoms with Crippen LogP contribution in [0.25, 0.3) is 0 Å². The second-order valence-corrected chi connectivity index (χ2v) is 5.42. The predicted molar refractivity (Wildman–Crippen MR) is 79.1 cm³/mol. The zero-order valence-corrected chi connectivity index (χ0v) is 11.8. The van der Waals surface area contributed by atoms with Gasteiger partial charge in [-0.1, -0.05) is 46.3 Å². The molecule has 1 unspecified atom stereocenters. The van der Waals surface area contributed by atoms with Crippen molar-refractivity contribution in [3.8, 4) is 0 Å². The number of rotatable bonds is 1. The van der Waals surface area contributed by atoms with E-state index in [-0.39, 0.29) is 11.9 Å². The number of carbonyl (C=O) groups excluding carboxylic acids is 1. The fourth-order valence-corrected chi connectivity index (χ4v) is 2.71. The van der Waals surface area contributed by atoms with Crippen molar-refractivity contribution < 1.29 is 4.79 Å². The molecule has 19 heavy (non-hydrogen) atoms. The van der Waals surface area contributed by atoms with Gasteiger partial charge in [-0.3, -0.25) is 10.1 Å². The molecule has 96 valence electrons. The van der Waals surface area contributed by atoms with Crippen LogP contribution >= 0.6 is 15.9 Å². The first-order chi connectivity index (χ1) is 9.24. The summed E-state index contributed by atoms with van der Waals surface area (Å²) in [6, 6.07) is 16.1. The quantitative estimate of drug-likeness (QED) is 0.849. The van der Waals surface area contributed by atoms with Gasteiger partial charge in [0.05, 0.1) is 12.6 Å². The molecule has 4 heteroatoms. The Hall–Kier alpha value is -1.65. The molecule has 3 nitrogen and oxygen atoms in total. The fraction of sp³-hybridized carbons (Fsp3) is 0.133. The highest BCUT2D eigenvalue weighted by molar-refractivity contribution is 9.10. The maximum Gasteiger partial charge on any atom is 0.238 e. The van der Waals surface area contributed by atoms with Crippen molar-refractivity contribution in [2.24, 2.45) is 0 Å². The molecule has 1 amide bonds. The molecule has 0 spiro atoms. The number of anilines is 1. The Kier molecular flexibility index (Phi) is 3.36. The van der Waals surface area contributed by atoms with Crippen LogP contribution in [0, 0.1) is 0 Å². The summed E-state index contributed by atoms with van der Waals surface area (Å²) in [5.74, 6) is -0.0120. The van der Waals surface area contributed by atoms with Crippen LogP contribution in [0.4, 0.5) is 5.69 Å². The van der Waals surface area contributed by atoms with Crippen molar-refractivity contribution in [3.05, 3.63) is 64.1 Å². The summed E-state index contributed by atoms with van der Waals surface area (Å²) in [6.45, 7) is 0.311. The van der Waals surface area contributed by atoms with Gasteiger partial charge >= 0.3 is 0 Å². The lowest BCUT2D eigenvalue weighted by Crippen LogP contribution is -2.27. The lowest BCUT2D eigenvalue weighted by molar-refractivity contribution is -0.115. The summed E-state index contributed by atoms with van der Waals surface area (Å²) in [5.41, 5.74) is 3.09. The fourth-order valence-electron chi connectivity index (χ4n) is 2.33. The van der Waals surface area contributed by atoms with E-state index in [1.165, 1.54) is 0 Å². The first-order valence-electron chi connectivity index (χ1n) is 6.11. The van der Waals surface area contributed by atoms with Crippen LogP contribution < -0.4 is 10.6 Å². The maximum absolute atomic E-state index is 11.7. The van der Waals surface area contributed by atoms with Crippen LogP contribution in [-0.4, -0.2) is 12.5 Å². The highest BCUT2D eigenvalue weighted by atomic mass is 79.9. The van der Waals surface area contributed by atoms with Gasteiger partial charge in [0.2, 0.25) is 5.91 Å². The molecule has 2 N–H and O–H groups in total. The Labute approximate surface area is 120 Å². The van der Waals surface area contributed by atoms with Crippen LogP contribution in [0.2, 0.25) is 0 Å². The Morgan fingerprint density at radius 1 is 1.11 bits per heavy atom. The second kappa shape index (κ2) is 5.15. The van der Waals surface area contributed by atoms with Crippen molar-refractivity contribution in [2.75, 3.05) is 11.9 Å². The molecule has 1 heterocycles. The molecule has 0 fully saturated rings. The van der Waals surface area contributed by atoms with Crippen LogP contribution in [0.1, 0.15) is 17.2 Å².